The Labute approximate surface area is 102 Å². The second kappa shape index (κ2) is 6.03. The maximum Gasteiger partial charge on any atom is 0.125 e. The molecule has 0 aliphatic carbocycles. The molecule has 0 saturated carbocycles. The lowest BCUT2D eigenvalue weighted by atomic mass is 9.90. The monoisotopic (exact) mass is 236 g/mol. The van der Waals surface area contributed by atoms with E-state index < -0.39 is 0 Å². The Hall–Kier alpha value is -1.06. The fourth-order valence-electron chi connectivity index (χ4n) is 2.38. The molecule has 2 atom stereocenters. The van der Waals surface area contributed by atoms with Gasteiger partial charge in [0.05, 0.1) is 12.7 Å². The molecule has 0 amide bonds. The normalized spacial score (nSPS) is 24.6. The van der Waals surface area contributed by atoms with Gasteiger partial charge in [-0.2, -0.15) is 0 Å². The molecular formula is C14H20O3. The molecule has 0 spiro atoms. The number of ether oxygens (including phenoxy) is 2. The first-order valence-corrected chi connectivity index (χ1v) is 6.31. The summed E-state index contributed by atoms with van der Waals surface area (Å²) in [6.45, 7) is 3.56. The Morgan fingerprint density at radius 3 is 3.00 bits per heavy atom. The van der Waals surface area contributed by atoms with Gasteiger partial charge < -0.3 is 14.6 Å². The average Bonchev–Trinajstić information content (AvgIpc) is 2.40. The molecule has 1 aliphatic heterocycles. The van der Waals surface area contributed by atoms with Crippen molar-refractivity contribution in [3.8, 4) is 5.75 Å². The van der Waals surface area contributed by atoms with Crippen LogP contribution in [0.25, 0.3) is 0 Å². The van der Waals surface area contributed by atoms with Crippen molar-refractivity contribution in [2.45, 2.75) is 25.9 Å². The molecule has 1 heterocycles. The summed E-state index contributed by atoms with van der Waals surface area (Å²) in [7, 11) is 0. The van der Waals surface area contributed by atoms with E-state index in [0.29, 0.717) is 6.61 Å². The molecule has 1 aliphatic rings. The van der Waals surface area contributed by atoms with Crippen molar-refractivity contribution in [1.29, 1.82) is 0 Å². The summed E-state index contributed by atoms with van der Waals surface area (Å²) in [6.07, 6.45) is 2.01. The predicted octanol–water partition coefficient (Wildman–Crippen LogP) is 2.55. The van der Waals surface area contributed by atoms with Gasteiger partial charge in [0.2, 0.25) is 0 Å². The molecule has 1 saturated heterocycles. The minimum atomic E-state index is -0.0310. The summed E-state index contributed by atoms with van der Waals surface area (Å²) in [6, 6.07) is 7.95. The molecule has 3 heteroatoms. The van der Waals surface area contributed by atoms with Gasteiger partial charge in [0.1, 0.15) is 5.75 Å². The van der Waals surface area contributed by atoms with E-state index in [2.05, 4.69) is 0 Å². The van der Waals surface area contributed by atoms with Crippen LogP contribution >= 0.6 is 0 Å². The third-order valence-electron chi connectivity index (χ3n) is 3.20. The molecule has 2 unspecified atom stereocenters. The number of hydrogen-bond acceptors (Lipinski definition) is 3. The highest BCUT2D eigenvalue weighted by atomic mass is 16.5. The van der Waals surface area contributed by atoms with Gasteiger partial charge in [0.15, 0.2) is 0 Å². The summed E-state index contributed by atoms with van der Waals surface area (Å²) < 4.78 is 11.4. The minimum absolute atomic E-state index is 0.0310. The van der Waals surface area contributed by atoms with Crippen molar-refractivity contribution < 1.29 is 14.6 Å². The first-order valence-electron chi connectivity index (χ1n) is 6.31. The maximum absolute atomic E-state index is 9.42. The fourth-order valence-corrected chi connectivity index (χ4v) is 2.38. The van der Waals surface area contributed by atoms with Crippen molar-refractivity contribution >= 4 is 0 Å². The fraction of sp³-hybridized carbons (Fsp3) is 0.571. The van der Waals surface area contributed by atoms with Gasteiger partial charge in [-0.25, -0.2) is 0 Å². The lowest BCUT2D eigenvalue weighted by molar-refractivity contribution is -0.0468. The van der Waals surface area contributed by atoms with Crippen LogP contribution in [-0.4, -0.2) is 24.9 Å². The second-order valence-electron chi connectivity index (χ2n) is 4.35. The molecule has 3 nitrogen and oxygen atoms in total. The second-order valence-corrected chi connectivity index (χ2v) is 4.35. The molecule has 94 valence electrons. The van der Waals surface area contributed by atoms with Crippen LogP contribution in [0.5, 0.6) is 5.75 Å². The molecule has 0 radical (unpaired) electrons. The minimum Gasteiger partial charge on any atom is -0.493 e. The molecule has 1 fully saturated rings. The highest BCUT2D eigenvalue weighted by Gasteiger charge is 2.28. The topological polar surface area (TPSA) is 38.7 Å². The summed E-state index contributed by atoms with van der Waals surface area (Å²) in [5.74, 6) is 1.06. The van der Waals surface area contributed by atoms with E-state index in [1.807, 2.05) is 31.2 Å². The summed E-state index contributed by atoms with van der Waals surface area (Å²) >= 11 is 0. The first kappa shape index (κ1) is 12.4. The number of benzene rings is 1. The third-order valence-corrected chi connectivity index (χ3v) is 3.20. The number of rotatable bonds is 4. The van der Waals surface area contributed by atoms with Crippen LogP contribution in [0.2, 0.25) is 0 Å². The zero-order valence-electron chi connectivity index (χ0n) is 10.3. The van der Waals surface area contributed by atoms with Crippen molar-refractivity contribution in [1.82, 2.24) is 0 Å². The van der Waals surface area contributed by atoms with E-state index in [1.54, 1.807) is 0 Å². The van der Waals surface area contributed by atoms with Crippen molar-refractivity contribution in [2.75, 3.05) is 19.8 Å². The molecule has 17 heavy (non-hydrogen) atoms. The van der Waals surface area contributed by atoms with Gasteiger partial charge >= 0.3 is 0 Å². The van der Waals surface area contributed by atoms with E-state index in [1.165, 1.54) is 0 Å². The SMILES string of the molecule is CCOc1ccccc1C1OCCCC1CO. The standard InChI is InChI=1S/C14H20O3/c1-2-16-13-8-4-3-7-12(13)14-11(10-15)6-5-9-17-14/h3-4,7-8,11,14-15H,2,5-6,9-10H2,1H3. The molecule has 0 aromatic heterocycles. The van der Waals surface area contributed by atoms with Gasteiger partial charge in [0.25, 0.3) is 0 Å². The highest BCUT2D eigenvalue weighted by molar-refractivity contribution is 5.35. The van der Waals surface area contributed by atoms with Crippen molar-refractivity contribution in [3.63, 3.8) is 0 Å². The predicted molar refractivity (Wildman–Crippen MR) is 66.1 cm³/mol. The van der Waals surface area contributed by atoms with Crippen LogP contribution in [0, 0.1) is 5.92 Å². The van der Waals surface area contributed by atoms with Gasteiger partial charge in [-0.15, -0.1) is 0 Å². The van der Waals surface area contributed by atoms with Crippen molar-refractivity contribution in [2.24, 2.45) is 5.92 Å². The molecule has 1 aromatic rings. The maximum atomic E-state index is 9.42. The number of hydrogen-bond donors (Lipinski definition) is 1. The Morgan fingerprint density at radius 2 is 2.24 bits per heavy atom. The van der Waals surface area contributed by atoms with Crippen LogP contribution in [0.4, 0.5) is 0 Å². The quantitative estimate of drug-likeness (QED) is 0.873. The van der Waals surface area contributed by atoms with Crippen LogP contribution in [0.15, 0.2) is 24.3 Å². The van der Waals surface area contributed by atoms with E-state index in [0.717, 1.165) is 30.8 Å². The first-order chi connectivity index (χ1) is 8.36. The average molecular weight is 236 g/mol. The Bertz CT molecular complexity index is 351. The Morgan fingerprint density at radius 1 is 1.41 bits per heavy atom. The molecular weight excluding hydrogens is 216 g/mol. The zero-order chi connectivity index (χ0) is 12.1. The van der Waals surface area contributed by atoms with Gasteiger partial charge in [-0.1, -0.05) is 18.2 Å². The van der Waals surface area contributed by atoms with Crippen molar-refractivity contribution in [3.05, 3.63) is 29.8 Å². The highest BCUT2D eigenvalue weighted by Crippen LogP contribution is 2.37. The van der Waals surface area contributed by atoms with Crippen LogP contribution in [0.1, 0.15) is 31.4 Å². The summed E-state index contributed by atoms with van der Waals surface area (Å²) in [5, 5.41) is 9.42. The zero-order valence-corrected chi connectivity index (χ0v) is 10.3. The number of aliphatic hydroxyl groups is 1. The molecule has 1 N–H and O–H groups in total. The third kappa shape index (κ3) is 2.79. The van der Waals surface area contributed by atoms with E-state index in [9.17, 15) is 5.11 Å². The number of aliphatic hydroxyl groups excluding tert-OH is 1. The lowest BCUT2D eigenvalue weighted by Crippen LogP contribution is -2.25. The lowest BCUT2D eigenvalue weighted by Gasteiger charge is -2.31. The smallest absolute Gasteiger partial charge is 0.125 e. The largest absolute Gasteiger partial charge is 0.493 e. The van der Waals surface area contributed by atoms with Crippen LogP contribution < -0.4 is 4.74 Å². The molecule has 2 rings (SSSR count). The molecule has 1 aromatic carbocycles. The van der Waals surface area contributed by atoms with E-state index >= 15 is 0 Å². The van der Waals surface area contributed by atoms with Crippen LogP contribution in [-0.2, 0) is 4.74 Å². The van der Waals surface area contributed by atoms with Crippen LogP contribution in [0.3, 0.4) is 0 Å². The Balaban J connectivity index is 2.24. The van der Waals surface area contributed by atoms with E-state index in [4.69, 9.17) is 9.47 Å². The van der Waals surface area contributed by atoms with Gasteiger partial charge in [-0.05, 0) is 25.8 Å². The van der Waals surface area contributed by atoms with Gasteiger partial charge in [0, 0.05) is 24.7 Å². The summed E-state index contributed by atoms with van der Waals surface area (Å²) in [4.78, 5) is 0. The number of para-hydroxylation sites is 1. The van der Waals surface area contributed by atoms with Gasteiger partial charge in [-0.3, -0.25) is 0 Å². The Kier molecular flexibility index (Phi) is 4.40. The summed E-state index contributed by atoms with van der Waals surface area (Å²) in [5.41, 5.74) is 1.06. The van der Waals surface area contributed by atoms with E-state index in [-0.39, 0.29) is 18.6 Å². The molecule has 0 bridgehead atoms.